The monoisotopic (exact) mass is 278 g/mol. The van der Waals surface area contributed by atoms with Crippen molar-refractivity contribution in [3.63, 3.8) is 0 Å². The molecular formula is C15H22N2O3. The average molecular weight is 278 g/mol. The van der Waals surface area contributed by atoms with Crippen molar-refractivity contribution in [2.75, 3.05) is 18.0 Å². The Kier molecular flexibility index (Phi) is 7.17. The van der Waals surface area contributed by atoms with E-state index in [4.69, 9.17) is 5.11 Å². The Bertz CT molecular complexity index is 420. The van der Waals surface area contributed by atoms with Gasteiger partial charge in [0.15, 0.2) is 0 Å². The van der Waals surface area contributed by atoms with Gasteiger partial charge < -0.3 is 10.4 Å². The Hall–Kier alpha value is -2.04. The number of hydrogen-bond donors (Lipinski definition) is 2. The van der Waals surface area contributed by atoms with E-state index in [0.717, 1.165) is 25.7 Å². The van der Waals surface area contributed by atoms with Crippen molar-refractivity contribution in [1.29, 1.82) is 0 Å². The third-order valence-electron chi connectivity index (χ3n) is 2.91. The maximum Gasteiger partial charge on any atom is 0.323 e. The molecule has 1 rings (SSSR count). The number of unbranched alkanes of at least 4 members (excludes halogenated alkanes) is 3. The van der Waals surface area contributed by atoms with Crippen molar-refractivity contribution in [3.8, 4) is 0 Å². The number of carboxylic acids is 1. The van der Waals surface area contributed by atoms with Crippen LogP contribution in [0.15, 0.2) is 30.3 Å². The topological polar surface area (TPSA) is 69.6 Å². The van der Waals surface area contributed by atoms with Crippen molar-refractivity contribution in [2.24, 2.45) is 0 Å². The van der Waals surface area contributed by atoms with Gasteiger partial charge in [-0.3, -0.25) is 9.69 Å². The van der Waals surface area contributed by atoms with Gasteiger partial charge in [-0.25, -0.2) is 4.79 Å². The summed E-state index contributed by atoms with van der Waals surface area (Å²) in [5, 5.41) is 11.7. The molecule has 0 spiro atoms. The molecule has 0 unspecified atom stereocenters. The Labute approximate surface area is 119 Å². The molecule has 20 heavy (non-hydrogen) atoms. The molecule has 0 saturated carbocycles. The number of carbonyl (C=O) groups excluding carboxylic acids is 1. The lowest BCUT2D eigenvalue weighted by Crippen LogP contribution is -2.43. The van der Waals surface area contributed by atoms with E-state index < -0.39 is 5.97 Å². The number of rotatable bonds is 8. The fourth-order valence-electron chi connectivity index (χ4n) is 1.87. The minimum absolute atomic E-state index is 0.342. The minimum Gasteiger partial charge on any atom is -0.480 e. The van der Waals surface area contributed by atoms with Crippen molar-refractivity contribution in [1.82, 2.24) is 5.32 Å². The molecule has 0 atom stereocenters. The van der Waals surface area contributed by atoms with E-state index >= 15 is 0 Å². The molecule has 0 radical (unpaired) electrons. The molecule has 110 valence electrons. The second-order valence-corrected chi connectivity index (χ2v) is 4.61. The summed E-state index contributed by atoms with van der Waals surface area (Å²) in [5.74, 6) is -1.03. The number of hydrogen-bond acceptors (Lipinski definition) is 2. The van der Waals surface area contributed by atoms with Crippen molar-refractivity contribution in [3.05, 3.63) is 30.3 Å². The highest BCUT2D eigenvalue weighted by Crippen LogP contribution is 2.13. The molecule has 5 nitrogen and oxygen atoms in total. The van der Waals surface area contributed by atoms with E-state index in [1.54, 1.807) is 24.3 Å². The molecule has 0 aromatic heterocycles. The molecule has 2 N–H and O–H groups in total. The maximum atomic E-state index is 12.1. The number of aliphatic carboxylic acids is 1. The van der Waals surface area contributed by atoms with Crippen LogP contribution in [0.5, 0.6) is 0 Å². The summed E-state index contributed by atoms with van der Waals surface area (Å²) < 4.78 is 0. The predicted molar refractivity (Wildman–Crippen MR) is 79.0 cm³/mol. The van der Waals surface area contributed by atoms with Gasteiger partial charge in [-0.15, -0.1) is 0 Å². The SMILES string of the molecule is CCCCCCNC(=O)N(CC(=O)O)c1ccccc1. The molecule has 0 aliphatic heterocycles. The molecule has 0 aliphatic rings. The average Bonchev–Trinajstić information content (AvgIpc) is 2.45. The summed E-state index contributed by atoms with van der Waals surface area (Å²) >= 11 is 0. The van der Waals surface area contributed by atoms with Gasteiger partial charge in [0.25, 0.3) is 0 Å². The fourth-order valence-corrected chi connectivity index (χ4v) is 1.87. The summed E-state index contributed by atoms with van der Waals surface area (Å²) in [6, 6.07) is 8.46. The third kappa shape index (κ3) is 5.73. The number of carbonyl (C=O) groups is 2. The molecule has 0 heterocycles. The number of amides is 2. The van der Waals surface area contributed by atoms with Crippen LogP contribution in [0.25, 0.3) is 0 Å². The summed E-state index contributed by atoms with van der Waals surface area (Å²) in [5.41, 5.74) is 0.584. The molecule has 2 amide bonds. The van der Waals surface area contributed by atoms with Crippen LogP contribution in [0.4, 0.5) is 10.5 Å². The lowest BCUT2D eigenvalue weighted by atomic mass is 10.2. The number of urea groups is 1. The van der Waals surface area contributed by atoms with Gasteiger partial charge in [0, 0.05) is 12.2 Å². The zero-order chi connectivity index (χ0) is 14.8. The van der Waals surface area contributed by atoms with E-state index in [1.165, 1.54) is 4.90 Å². The first kappa shape index (κ1) is 16.0. The van der Waals surface area contributed by atoms with Crippen LogP contribution >= 0.6 is 0 Å². The zero-order valence-corrected chi connectivity index (χ0v) is 11.8. The van der Waals surface area contributed by atoms with Gasteiger partial charge in [0.2, 0.25) is 0 Å². The third-order valence-corrected chi connectivity index (χ3v) is 2.91. The molecule has 1 aromatic rings. The first-order valence-electron chi connectivity index (χ1n) is 6.97. The minimum atomic E-state index is -1.03. The number of anilines is 1. The smallest absolute Gasteiger partial charge is 0.323 e. The Morgan fingerprint density at radius 1 is 1.15 bits per heavy atom. The lowest BCUT2D eigenvalue weighted by Gasteiger charge is -2.21. The number of nitrogens with one attached hydrogen (secondary N) is 1. The first-order valence-corrected chi connectivity index (χ1v) is 6.97. The Morgan fingerprint density at radius 3 is 2.45 bits per heavy atom. The van der Waals surface area contributed by atoms with Crippen LogP contribution in [0.2, 0.25) is 0 Å². The molecule has 1 aromatic carbocycles. The van der Waals surface area contributed by atoms with E-state index in [9.17, 15) is 9.59 Å². The number of carboxylic acid groups (broad SMARTS) is 1. The second-order valence-electron chi connectivity index (χ2n) is 4.61. The normalized spacial score (nSPS) is 10.1. The highest BCUT2D eigenvalue weighted by atomic mass is 16.4. The van der Waals surface area contributed by atoms with Gasteiger partial charge in [-0.2, -0.15) is 0 Å². The van der Waals surface area contributed by atoms with E-state index in [-0.39, 0.29) is 12.6 Å². The fraction of sp³-hybridized carbons (Fsp3) is 0.467. The Morgan fingerprint density at radius 2 is 1.85 bits per heavy atom. The summed E-state index contributed by atoms with van der Waals surface area (Å²) in [6.45, 7) is 2.36. The van der Waals surface area contributed by atoms with Crippen molar-refractivity contribution in [2.45, 2.75) is 32.6 Å². The molecular weight excluding hydrogens is 256 g/mol. The standard InChI is InChI=1S/C15H22N2O3/c1-2-3-4-8-11-16-15(20)17(12-14(18)19)13-9-6-5-7-10-13/h5-7,9-10H,2-4,8,11-12H2,1H3,(H,16,20)(H,18,19). The van der Waals surface area contributed by atoms with Crippen LogP contribution in [-0.2, 0) is 4.79 Å². The van der Waals surface area contributed by atoms with Gasteiger partial charge in [0.05, 0.1) is 0 Å². The molecule has 0 aliphatic carbocycles. The lowest BCUT2D eigenvalue weighted by molar-refractivity contribution is -0.135. The van der Waals surface area contributed by atoms with Crippen LogP contribution in [0.3, 0.4) is 0 Å². The van der Waals surface area contributed by atoms with Crippen molar-refractivity contribution >= 4 is 17.7 Å². The summed E-state index contributed by atoms with van der Waals surface area (Å²) in [7, 11) is 0. The van der Waals surface area contributed by atoms with Crippen LogP contribution < -0.4 is 10.2 Å². The maximum absolute atomic E-state index is 12.1. The van der Waals surface area contributed by atoms with Gasteiger partial charge in [-0.1, -0.05) is 44.4 Å². The summed E-state index contributed by atoms with van der Waals surface area (Å²) in [4.78, 5) is 24.2. The highest BCUT2D eigenvalue weighted by molar-refractivity contribution is 5.96. The number of benzene rings is 1. The van der Waals surface area contributed by atoms with Crippen LogP contribution in [-0.4, -0.2) is 30.2 Å². The van der Waals surface area contributed by atoms with Gasteiger partial charge in [0.1, 0.15) is 6.54 Å². The van der Waals surface area contributed by atoms with Gasteiger partial charge >= 0.3 is 12.0 Å². The molecule has 0 saturated heterocycles. The second kappa shape index (κ2) is 8.96. The number of nitrogens with zero attached hydrogens (tertiary/aromatic N) is 1. The van der Waals surface area contributed by atoms with Crippen LogP contribution in [0, 0.1) is 0 Å². The van der Waals surface area contributed by atoms with Crippen LogP contribution in [0.1, 0.15) is 32.6 Å². The molecule has 0 fully saturated rings. The highest BCUT2D eigenvalue weighted by Gasteiger charge is 2.17. The first-order chi connectivity index (χ1) is 9.65. The van der Waals surface area contributed by atoms with E-state index in [0.29, 0.717) is 12.2 Å². The van der Waals surface area contributed by atoms with Crippen molar-refractivity contribution < 1.29 is 14.7 Å². The van der Waals surface area contributed by atoms with E-state index in [1.807, 2.05) is 6.07 Å². The van der Waals surface area contributed by atoms with Gasteiger partial charge in [-0.05, 0) is 18.6 Å². The summed E-state index contributed by atoms with van der Waals surface area (Å²) in [6.07, 6.45) is 4.27. The molecule has 5 heteroatoms. The molecule has 0 bridgehead atoms. The number of para-hydroxylation sites is 1. The Balaban J connectivity index is 2.55. The van der Waals surface area contributed by atoms with E-state index in [2.05, 4.69) is 12.2 Å². The quantitative estimate of drug-likeness (QED) is 0.718. The zero-order valence-electron chi connectivity index (χ0n) is 11.8. The predicted octanol–water partition coefficient (Wildman–Crippen LogP) is 2.87. The largest absolute Gasteiger partial charge is 0.480 e.